The van der Waals surface area contributed by atoms with Crippen molar-refractivity contribution in [2.45, 2.75) is 26.3 Å². The van der Waals surface area contributed by atoms with Gasteiger partial charge in [0.1, 0.15) is 5.69 Å². The maximum atomic E-state index is 12.3. The molecule has 0 fully saturated rings. The van der Waals surface area contributed by atoms with E-state index in [0.29, 0.717) is 17.9 Å². The molecule has 0 saturated carbocycles. The summed E-state index contributed by atoms with van der Waals surface area (Å²) in [5.41, 5.74) is 6.22. The first-order valence-corrected chi connectivity index (χ1v) is 5.50. The van der Waals surface area contributed by atoms with Crippen molar-refractivity contribution in [3.8, 4) is 0 Å². The van der Waals surface area contributed by atoms with E-state index in [1.165, 1.54) is 6.20 Å². The number of hydrogen-bond acceptors (Lipinski definition) is 3. The van der Waals surface area contributed by atoms with Gasteiger partial charge in [0, 0.05) is 12.1 Å². The fraction of sp³-hybridized carbons (Fsp3) is 0.385. The summed E-state index contributed by atoms with van der Waals surface area (Å²) < 4.78 is 0. The molecule has 0 aliphatic rings. The quantitative estimate of drug-likeness (QED) is 0.813. The van der Waals surface area contributed by atoms with E-state index < -0.39 is 0 Å². The van der Waals surface area contributed by atoms with Gasteiger partial charge in [0.2, 0.25) is 0 Å². The van der Waals surface area contributed by atoms with Gasteiger partial charge in [-0.25, -0.2) is 4.98 Å². The van der Waals surface area contributed by atoms with Gasteiger partial charge in [0.25, 0.3) is 5.91 Å². The van der Waals surface area contributed by atoms with E-state index in [9.17, 15) is 4.79 Å². The number of amides is 1. The van der Waals surface area contributed by atoms with Crippen LogP contribution in [0.15, 0.2) is 31.0 Å². The molecule has 0 radical (unpaired) electrons. The summed E-state index contributed by atoms with van der Waals surface area (Å²) in [4.78, 5) is 18.0. The summed E-state index contributed by atoms with van der Waals surface area (Å²) in [5, 5.41) is 0. The van der Waals surface area contributed by atoms with Gasteiger partial charge >= 0.3 is 0 Å². The number of nitrogen functional groups attached to an aromatic ring is 1. The first-order chi connectivity index (χ1) is 7.86. The van der Waals surface area contributed by atoms with Gasteiger partial charge in [0.15, 0.2) is 0 Å². The number of carbonyl (C=O) groups is 1. The summed E-state index contributed by atoms with van der Waals surface area (Å²) >= 11 is 0. The van der Waals surface area contributed by atoms with Crippen molar-refractivity contribution in [3.63, 3.8) is 0 Å². The van der Waals surface area contributed by atoms with Gasteiger partial charge in [-0.2, -0.15) is 0 Å². The smallest absolute Gasteiger partial charge is 0.273 e. The SMILES string of the molecule is C=CCN(C(=O)c1ccc(N)cn1)C(C)(C)C. The molecule has 4 nitrogen and oxygen atoms in total. The molecule has 1 aromatic heterocycles. The average molecular weight is 233 g/mol. The Morgan fingerprint density at radius 2 is 2.18 bits per heavy atom. The molecule has 0 atom stereocenters. The third kappa shape index (κ3) is 3.31. The van der Waals surface area contributed by atoms with Gasteiger partial charge in [-0.1, -0.05) is 6.08 Å². The van der Waals surface area contributed by atoms with E-state index in [2.05, 4.69) is 11.6 Å². The van der Waals surface area contributed by atoms with Gasteiger partial charge < -0.3 is 10.6 Å². The first kappa shape index (κ1) is 13.2. The molecule has 0 spiro atoms. The zero-order valence-corrected chi connectivity index (χ0v) is 10.6. The minimum absolute atomic E-state index is 0.114. The minimum atomic E-state index is -0.270. The summed E-state index contributed by atoms with van der Waals surface area (Å²) in [6.07, 6.45) is 3.20. The topological polar surface area (TPSA) is 59.2 Å². The van der Waals surface area contributed by atoms with Crippen molar-refractivity contribution in [1.82, 2.24) is 9.88 Å². The Morgan fingerprint density at radius 1 is 1.53 bits per heavy atom. The van der Waals surface area contributed by atoms with E-state index in [-0.39, 0.29) is 11.4 Å². The predicted octanol–water partition coefficient (Wildman–Crippen LogP) is 2.09. The van der Waals surface area contributed by atoms with Crippen LogP contribution in [0.4, 0.5) is 5.69 Å². The van der Waals surface area contributed by atoms with Crippen LogP contribution in [-0.2, 0) is 0 Å². The molecule has 4 heteroatoms. The lowest BCUT2D eigenvalue weighted by atomic mass is 10.1. The fourth-order valence-electron chi connectivity index (χ4n) is 1.46. The molecule has 17 heavy (non-hydrogen) atoms. The molecule has 0 saturated heterocycles. The zero-order valence-electron chi connectivity index (χ0n) is 10.6. The molecule has 1 rings (SSSR count). The second-order valence-electron chi connectivity index (χ2n) is 4.85. The van der Waals surface area contributed by atoms with Gasteiger partial charge in [0.05, 0.1) is 11.9 Å². The van der Waals surface area contributed by atoms with Crippen LogP contribution in [0.3, 0.4) is 0 Å². The van der Waals surface area contributed by atoms with Crippen LogP contribution in [0.2, 0.25) is 0 Å². The minimum Gasteiger partial charge on any atom is -0.397 e. The lowest BCUT2D eigenvalue weighted by molar-refractivity contribution is 0.0610. The van der Waals surface area contributed by atoms with E-state index in [1.807, 2.05) is 20.8 Å². The highest BCUT2D eigenvalue weighted by Gasteiger charge is 2.26. The van der Waals surface area contributed by atoms with Crippen molar-refractivity contribution in [1.29, 1.82) is 0 Å². The second kappa shape index (κ2) is 4.99. The van der Waals surface area contributed by atoms with E-state index >= 15 is 0 Å². The number of carbonyl (C=O) groups excluding carboxylic acids is 1. The highest BCUT2D eigenvalue weighted by Crippen LogP contribution is 2.16. The molecule has 0 unspecified atom stereocenters. The monoisotopic (exact) mass is 233 g/mol. The number of anilines is 1. The Bertz CT molecular complexity index is 404. The Kier molecular flexibility index (Phi) is 3.89. The van der Waals surface area contributed by atoms with Crippen LogP contribution in [0.1, 0.15) is 31.3 Å². The Balaban J connectivity index is 3.00. The predicted molar refractivity (Wildman–Crippen MR) is 69.6 cm³/mol. The molecule has 2 N–H and O–H groups in total. The summed E-state index contributed by atoms with van der Waals surface area (Å²) in [6.45, 7) is 10.1. The van der Waals surface area contributed by atoms with Crippen LogP contribution < -0.4 is 5.73 Å². The number of pyridine rings is 1. The highest BCUT2D eigenvalue weighted by molar-refractivity contribution is 5.93. The van der Waals surface area contributed by atoms with Crippen LogP contribution in [0.25, 0.3) is 0 Å². The molecule has 1 heterocycles. The molecule has 92 valence electrons. The number of aromatic nitrogens is 1. The van der Waals surface area contributed by atoms with Crippen molar-refractivity contribution in [2.75, 3.05) is 12.3 Å². The highest BCUT2D eigenvalue weighted by atomic mass is 16.2. The largest absolute Gasteiger partial charge is 0.397 e. The zero-order chi connectivity index (χ0) is 13.1. The van der Waals surface area contributed by atoms with Crippen LogP contribution in [-0.4, -0.2) is 27.9 Å². The van der Waals surface area contributed by atoms with Crippen molar-refractivity contribution < 1.29 is 4.79 Å². The third-order valence-electron chi connectivity index (χ3n) is 2.37. The maximum absolute atomic E-state index is 12.3. The summed E-state index contributed by atoms with van der Waals surface area (Å²) in [7, 11) is 0. The number of nitrogens with two attached hydrogens (primary N) is 1. The van der Waals surface area contributed by atoms with Crippen molar-refractivity contribution >= 4 is 11.6 Å². The molecule has 1 aromatic rings. The molecular formula is C13H19N3O. The summed E-state index contributed by atoms with van der Waals surface area (Å²) in [6, 6.07) is 3.31. The van der Waals surface area contributed by atoms with Crippen LogP contribution >= 0.6 is 0 Å². The normalized spacial score (nSPS) is 11.0. The van der Waals surface area contributed by atoms with Crippen molar-refractivity contribution in [2.24, 2.45) is 0 Å². The molecular weight excluding hydrogens is 214 g/mol. The van der Waals surface area contributed by atoms with Crippen LogP contribution in [0.5, 0.6) is 0 Å². The molecule has 0 bridgehead atoms. The number of nitrogens with zero attached hydrogens (tertiary/aromatic N) is 2. The number of hydrogen-bond donors (Lipinski definition) is 1. The van der Waals surface area contributed by atoms with Gasteiger partial charge in [-0.3, -0.25) is 4.79 Å². The molecule has 1 amide bonds. The second-order valence-corrected chi connectivity index (χ2v) is 4.85. The van der Waals surface area contributed by atoms with E-state index in [0.717, 1.165) is 0 Å². The molecule has 0 aromatic carbocycles. The van der Waals surface area contributed by atoms with Gasteiger partial charge in [-0.05, 0) is 32.9 Å². The Morgan fingerprint density at radius 3 is 2.59 bits per heavy atom. The van der Waals surface area contributed by atoms with E-state index in [4.69, 9.17) is 5.73 Å². The third-order valence-corrected chi connectivity index (χ3v) is 2.37. The summed E-state index contributed by atoms with van der Waals surface area (Å²) in [5.74, 6) is -0.114. The average Bonchev–Trinajstić information content (AvgIpc) is 2.24. The molecule has 0 aliphatic heterocycles. The Hall–Kier alpha value is -1.84. The number of rotatable bonds is 3. The first-order valence-electron chi connectivity index (χ1n) is 5.50. The van der Waals surface area contributed by atoms with Crippen LogP contribution in [0, 0.1) is 0 Å². The Labute approximate surface area is 102 Å². The van der Waals surface area contributed by atoms with Crippen molar-refractivity contribution in [3.05, 3.63) is 36.7 Å². The fourth-order valence-corrected chi connectivity index (χ4v) is 1.46. The lowest BCUT2D eigenvalue weighted by Crippen LogP contribution is -2.45. The lowest BCUT2D eigenvalue weighted by Gasteiger charge is -2.34. The van der Waals surface area contributed by atoms with Gasteiger partial charge in [-0.15, -0.1) is 6.58 Å². The maximum Gasteiger partial charge on any atom is 0.273 e. The standard InChI is InChI=1S/C13H19N3O/c1-5-8-16(13(2,3)4)12(17)11-7-6-10(14)9-15-11/h5-7,9H,1,8,14H2,2-4H3. The van der Waals surface area contributed by atoms with E-state index in [1.54, 1.807) is 23.1 Å². The molecule has 0 aliphatic carbocycles.